The van der Waals surface area contributed by atoms with Crippen LogP contribution in [-0.4, -0.2) is 35.3 Å². The summed E-state index contributed by atoms with van der Waals surface area (Å²) >= 11 is 5.81. The fourth-order valence-electron chi connectivity index (χ4n) is 2.47. The molecule has 26 heavy (non-hydrogen) atoms. The van der Waals surface area contributed by atoms with Crippen molar-refractivity contribution >= 4 is 40.2 Å². The van der Waals surface area contributed by atoms with Gasteiger partial charge in [0, 0.05) is 30.6 Å². The van der Waals surface area contributed by atoms with E-state index in [1.165, 1.54) is 4.90 Å². The summed E-state index contributed by atoms with van der Waals surface area (Å²) in [6.07, 6.45) is 0.605. The van der Waals surface area contributed by atoms with E-state index in [1.54, 1.807) is 31.3 Å². The molecule has 3 rings (SSSR count). The van der Waals surface area contributed by atoms with Crippen molar-refractivity contribution in [3.05, 3.63) is 59.4 Å². The van der Waals surface area contributed by atoms with Gasteiger partial charge in [0.25, 0.3) is 0 Å². The number of oxazole rings is 1. The van der Waals surface area contributed by atoms with Crippen LogP contribution in [0.3, 0.4) is 0 Å². The van der Waals surface area contributed by atoms with Crippen LogP contribution < -0.4 is 5.32 Å². The fraction of sp³-hybridized carbons (Fsp3) is 0.211. The number of benzene rings is 2. The molecule has 1 N–H and O–H groups in total. The molecule has 0 fully saturated rings. The molecule has 134 valence electrons. The quantitative estimate of drug-likeness (QED) is 0.719. The zero-order chi connectivity index (χ0) is 18.5. The summed E-state index contributed by atoms with van der Waals surface area (Å²) in [5.41, 5.74) is 2.10. The Morgan fingerprint density at radius 2 is 1.88 bits per heavy atom. The van der Waals surface area contributed by atoms with E-state index >= 15 is 0 Å². The Labute approximate surface area is 155 Å². The van der Waals surface area contributed by atoms with Gasteiger partial charge in [0.2, 0.25) is 11.8 Å². The Morgan fingerprint density at radius 1 is 1.15 bits per heavy atom. The predicted molar refractivity (Wildman–Crippen MR) is 100 cm³/mol. The molecule has 7 heteroatoms. The number of para-hydroxylation sites is 2. The van der Waals surface area contributed by atoms with Crippen LogP contribution in [0.25, 0.3) is 11.1 Å². The number of aryl methyl sites for hydroxylation is 1. The number of nitrogens with one attached hydrogen (secondary N) is 1. The van der Waals surface area contributed by atoms with Crippen LogP contribution >= 0.6 is 11.6 Å². The predicted octanol–water partition coefficient (Wildman–Crippen LogP) is 3.51. The van der Waals surface area contributed by atoms with Crippen LogP contribution in [0.1, 0.15) is 12.3 Å². The third-order valence-electron chi connectivity index (χ3n) is 3.83. The molecular formula is C19H18ClN3O3. The number of carbonyl (C=O) groups excluding carboxylic acids is 2. The number of likely N-dealkylation sites (N-methyl/N-ethyl adjacent to an activating group) is 1. The lowest BCUT2D eigenvalue weighted by molar-refractivity contribution is -0.133. The molecule has 0 bridgehead atoms. The number of aromatic nitrogens is 1. The SMILES string of the molecule is CN(CC(=O)Nc1ccc(Cl)cc1)C(=O)CCc1nc2ccccc2o1. The summed E-state index contributed by atoms with van der Waals surface area (Å²) in [4.78, 5) is 30.0. The van der Waals surface area contributed by atoms with Gasteiger partial charge in [-0.1, -0.05) is 23.7 Å². The van der Waals surface area contributed by atoms with E-state index in [2.05, 4.69) is 10.3 Å². The van der Waals surface area contributed by atoms with E-state index in [1.807, 2.05) is 24.3 Å². The maximum atomic E-state index is 12.2. The largest absolute Gasteiger partial charge is 0.441 e. The van der Waals surface area contributed by atoms with Gasteiger partial charge in [-0.25, -0.2) is 4.98 Å². The topological polar surface area (TPSA) is 75.4 Å². The van der Waals surface area contributed by atoms with Crippen LogP contribution in [0, 0.1) is 0 Å². The minimum Gasteiger partial charge on any atom is -0.441 e. The Balaban J connectivity index is 1.49. The van der Waals surface area contributed by atoms with Gasteiger partial charge in [0.1, 0.15) is 5.52 Å². The minimum atomic E-state index is -0.273. The van der Waals surface area contributed by atoms with E-state index < -0.39 is 0 Å². The highest BCUT2D eigenvalue weighted by molar-refractivity contribution is 6.30. The lowest BCUT2D eigenvalue weighted by atomic mass is 10.2. The standard InChI is InChI=1S/C19H18ClN3O3/c1-23(12-17(24)21-14-8-6-13(20)7-9-14)19(25)11-10-18-22-15-4-2-3-5-16(15)26-18/h2-9H,10-12H2,1H3,(H,21,24). The van der Waals surface area contributed by atoms with Gasteiger partial charge >= 0.3 is 0 Å². The smallest absolute Gasteiger partial charge is 0.243 e. The molecule has 0 saturated carbocycles. The van der Waals surface area contributed by atoms with Gasteiger partial charge in [-0.15, -0.1) is 0 Å². The molecule has 2 amide bonds. The molecule has 0 radical (unpaired) electrons. The molecule has 2 aromatic carbocycles. The summed E-state index contributed by atoms with van der Waals surface area (Å²) in [6, 6.07) is 14.2. The highest BCUT2D eigenvalue weighted by Crippen LogP contribution is 2.16. The highest BCUT2D eigenvalue weighted by Gasteiger charge is 2.15. The molecule has 0 unspecified atom stereocenters. The molecule has 0 atom stereocenters. The highest BCUT2D eigenvalue weighted by atomic mass is 35.5. The summed E-state index contributed by atoms with van der Waals surface area (Å²) in [5, 5.41) is 3.32. The molecule has 3 aromatic rings. The first-order valence-corrected chi connectivity index (χ1v) is 8.53. The van der Waals surface area contributed by atoms with Gasteiger partial charge in [-0.3, -0.25) is 9.59 Å². The summed E-state index contributed by atoms with van der Waals surface area (Å²) in [5.74, 6) is 0.0853. The van der Waals surface area contributed by atoms with Crippen LogP contribution in [0.5, 0.6) is 0 Å². The zero-order valence-corrected chi connectivity index (χ0v) is 15.0. The average molecular weight is 372 g/mol. The van der Waals surface area contributed by atoms with Crippen molar-refractivity contribution in [2.75, 3.05) is 18.9 Å². The number of amides is 2. The number of rotatable bonds is 6. The second-order valence-corrected chi connectivity index (χ2v) is 6.32. The van der Waals surface area contributed by atoms with Crippen molar-refractivity contribution in [1.82, 2.24) is 9.88 Å². The van der Waals surface area contributed by atoms with E-state index in [9.17, 15) is 9.59 Å². The van der Waals surface area contributed by atoms with Crippen molar-refractivity contribution in [2.45, 2.75) is 12.8 Å². The van der Waals surface area contributed by atoms with Gasteiger partial charge < -0.3 is 14.6 Å². The second-order valence-electron chi connectivity index (χ2n) is 5.88. The molecule has 1 aromatic heterocycles. The summed E-state index contributed by atoms with van der Waals surface area (Å²) in [6.45, 7) is -0.0327. The second kappa shape index (κ2) is 8.01. The number of hydrogen-bond donors (Lipinski definition) is 1. The van der Waals surface area contributed by atoms with E-state index in [-0.39, 0.29) is 24.8 Å². The van der Waals surface area contributed by atoms with Gasteiger partial charge in [-0.2, -0.15) is 0 Å². The number of carbonyl (C=O) groups is 2. The van der Waals surface area contributed by atoms with Gasteiger partial charge in [0.05, 0.1) is 6.54 Å². The molecule has 1 heterocycles. The Hall–Kier alpha value is -2.86. The lowest BCUT2D eigenvalue weighted by Gasteiger charge is -2.16. The number of nitrogens with zero attached hydrogens (tertiary/aromatic N) is 2. The third-order valence-corrected chi connectivity index (χ3v) is 4.08. The first kappa shape index (κ1) is 17.9. The Morgan fingerprint density at radius 3 is 2.62 bits per heavy atom. The van der Waals surface area contributed by atoms with Crippen molar-refractivity contribution in [2.24, 2.45) is 0 Å². The number of fused-ring (bicyclic) bond motifs is 1. The van der Waals surface area contributed by atoms with E-state index in [0.717, 1.165) is 5.52 Å². The van der Waals surface area contributed by atoms with E-state index in [0.29, 0.717) is 28.6 Å². The molecule has 0 aliphatic heterocycles. The number of hydrogen-bond acceptors (Lipinski definition) is 4. The van der Waals surface area contributed by atoms with Crippen LogP contribution in [0.4, 0.5) is 5.69 Å². The normalized spacial score (nSPS) is 10.7. The van der Waals surface area contributed by atoms with Crippen LogP contribution in [0.15, 0.2) is 52.9 Å². The Kier molecular flexibility index (Phi) is 5.53. The monoisotopic (exact) mass is 371 g/mol. The van der Waals surface area contributed by atoms with Crippen molar-refractivity contribution in [3.63, 3.8) is 0 Å². The fourth-order valence-corrected chi connectivity index (χ4v) is 2.59. The third kappa shape index (κ3) is 4.61. The molecule has 0 aliphatic carbocycles. The van der Waals surface area contributed by atoms with Crippen LogP contribution in [-0.2, 0) is 16.0 Å². The van der Waals surface area contributed by atoms with Crippen molar-refractivity contribution in [1.29, 1.82) is 0 Å². The maximum Gasteiger partial charge on any atom is 0.243 e. The van der Waals surface area contributed by atoms with Crippen molar-refractivity contribution in [3.8, 4) is 0 Å². The number of halogens is 1. The van der Waals surface area contributed by atoms with Crippen LogP contribution in [0.2, 0.25) is 5.02 Å². The van der Waals surface area contributed by atoms with Crippen molar-refractivity contribution < 1.29 is 14.0 Å². The first-order valence-electron chi connectivity index (χ1n) is 8.15. The van der Waals surface area contributed by atoms with Gasteiger partial charge in [0.15, 0.2) is 11.5 Å². The van der Waals surface area contributed by atoms with E-state index in [4.69, 9.17) is 16.0 Å². The van der Waals surface area contributed by atoms with Gasteiger partial charge in [-0.05, 0) is 36.4 Å². The molecular weight excluding hydrogens is 354 g/mol. The minimum absolute atomic E-state index is 0.0327. The number of anilines is 1. The molecule has 0 saturated heterocycles. The summed E-state index contributed by atoms with van der Waals surface area (Å²) < 4.78 is 5.60. The maximum absolute atomic E-state index is 12.2. The average Bonchev–Trinajstić information content (AvgIpc) is 3.04. The molecule has 6 nitrogen and oxygen atoms in total. The lowest BCUT2D eigenvalue weighted by Crippen LogP contribution is -2.35. The first-order chi connectivity index (χ1) is 12.5. The summed E-state index contributed by atoms with van der Waals surface area (Å²) in [7, 11) is 1.59. The molecule has 0 spiro atoms. The Bertz CT molecular complexity index is 888. The molecule has 0 aliphatic rings. The zero-order valence-electron chi connectivity index (χ0n) is 14.2.